The van der Waals surface area contributed by atoms with Crippen molar-refractivity contribution in [3.8, 4) is 5.75 Å². The highest BCUT2D eigenvalue weighted by Gasteiger charge is 2.03. The molecule has 5 heteroatoms. The Bertz CT molecular complexity index is 630. The number of nitrogens with one attached hydrogen (secondary N) is 1. The zero-order valence-electron chi connectivity index (χ0n) is 14.2. The van der Waals surface area contributed by atoms with Gasteiger partial charge in [-0.15, -0.1) is 24.0 Å². The van der Waals surface area contributed by atoms with Crippen LogP contribution in [0.1, 0.15) is 25.0 Å². The van der Waals surface area contributed by atoms with Crippen LogP contribution in [0.25, 0.3) is 0 Å². The van der Waals surface area contributed by atoms with Crippen LogP contribution in [0.15, 0.2) is 59.6 Å². The van der Waals surface area contributed by atoms with Crippen molar-refractivity contribution < 1.29 is 4.74 Å². The summed E-state index contributed by atoms with van der Waals surface area (Å²) in [6.45, 7) is 6.13. The van der Waals surface area contributed by atoms with Crippen LogP contribution in [0.4, 0.5) is 0 Å². The maximum absolute atomic E-state index is 5.92. The first-order valence-corrected chi connectivity index (χ1v) is 7.93. The number of hydrogen-bond donors (Lipinski definition) is 2. The van der Waals surface area contributed by atoms with Gasteiger partial charge in [0.05, 0.1) is 6.54 Å². The first-order chi connectivity index (χ1) is 11.1. The van der Waals surface area contributed by atoms with Crippen LogP contribution < -0.4 is 15.8 Å². The van der Waals surface area contributed by atoms with Gasteiger partial charge in [0.1, 0.15) is 12.4 Å². The van der Waals surface area contributed by atoms with E-state index in [0.29, 0.717) is 25.0 Å². The number of guanidine groups is 1. The normalized spacial score (nSPS) is 11.0. The molecule has 2 rings (SSSR count). The predicted octanol–water partition coefficient (Wildman–Crippen LogP) is 3.94. The van der Waals surface area contributed by atoms with E-state index in [-0.39, 0.29) is 24.0 Å². The zero-order chi connectivity index (χ0) is 16.5. The van der Waals surface area contributed by atoms with E-state index in [0.717, 1.165) is 23.4 Å². The second-order valence-corrected chi connectivity index (χ2v) is 5.86. The largest absolute Gasteiger partial charge is 0.489 e. The van der Waals surface area contributed by atoms with Crippen LogP contribution in [0.2, 0.25) is 0 Å². The van der Waals surface area contributed by atoms with Crippen LogP contribution in [-0.4, -0.2) is 12.5 Å². The van der Waals surface area contributed by atoms with Gasteiger partial charge in [-0.3, -0.25) is 0 Å². The lowest BCUT2D eigenvalue weighted by atomic mass is 10.2. The molecular weight excluding hydrogens is 413 g/mol. The fourth-order valence-electron chi connectivity index (χ4n) is 2.05. The molecule has 3 N–H and O–H groups in total. The SMILES string of the molecule is CC(C)CNC(N)=NCc1ccccc1OCc1ccccc1.I. The van der Waals surface area contributed by atoms with Gasteiger partial charge >= 0.3 is 0 Å². The molecular formula is C19H26IN3O. The van der Waals surface area contributed by atoms with E-state index in [4.69, 9.17) is 10.5 Å². The van der Waals surface area contributed by atoms with Gasteiger partial charge in [0.25, 0.3) is 0 Å². The van der Waals surface area contributed by atoms with Gasteiger partial charge in [-0.25, -0.2) is 4.99 Å². The lowest BCUT2D eigenvalue weighted by Crippen LogP contribution is -2.34. The number of halogens is 1. The molecule has 0 radical (unpaired) electrons. The summed E-state index contributed by atoms with van der Waals surface area (Å²) in [5.41, 5.74) is 8.05. The van der Waals surface area contributed by atoms with Gasteiger partial charge in [0.2, 0.25) is 0 Å². The molecule has 0 aromatic heterocycles. The molecule has 130 valence electrons. The van der Waals surface area contributed by atoms with Crippen molar-refractivity contribution in [2.24, 2.45) is 16.6 Å². The highest BCUT2D eigenvalue weighted by molar-refractivity contribution is 14.0. The molecule has 4 nitrogen and oxygen atoms in total. The first-order valence-electron chi connectivity index (χ1n) is 7.93. The third-order valence-electron chi connectivity index (χ3n) is 3.32. The molecule has 0 bridgehead atoms. The van der Waals surface area contributed by atoms with Gasteiger partial charge in [-0.2, -0.15) is 0 Å². The maximum Gasteiger partial charge on any atom is 0.188 e. The van der Waals surface area contributed by atoms with E-state index in [1.54, 1.807) is 0 Å². The number of ether oxygens (including phenoxy) is 1. The predicted molar refractivity (Wildman–Crippen MR) is 111 cm³/mol. The average molecular weight is 439 g/mol. The van der Waals surface area contributed by atoms with Crippen LogP contribution in [0.3, 0.4) is 0 Å². The quantitative estimate of drug-likeness (QED) is 0.390. The molecule has 0 saturated heterocycles. The minimum atomic E-state index is 0. The monoisotopic (exact) mass is 439 g/mol. The van der Waals surface area contributed by atoms with Crippen LogP contribution in [0.5, 0.6) is 5.75 Å². The standard InChI is InChI=1S/C19H25N3O.HI/c1-15(2)12-21-19(20)22-13-17-10-6-7-11-18(17)23-14-16-8-4-3-5-9-16;/h3-11,15H,12-14H2,1-2H3,(H3,20,21,22);1H. The van der Waals surface area contributed by atoms with Crippen molar-refractivity contribution in [3.63, 3.8) is 0 Å². The lowest BCUT2D eigenvalue weighted by Gasteiger charge is -2.11. The number of hydrogen-bond acceptors (Lipinski definition) is 2. The van der Waals surface area contributed by atoms with Crippen LogP contribution in [-0.2, 0) is 13.2 Å². The topological polar surface area (TPSA) is 59.6 Å². The van der Waals surface area contributed by atoms with E-state index in [9.17, 15) is 0 Å². The Balaban J connectivity index is 0.00000288. The molecule has 2 aromatic rings. The fourth-order valence-corrected chi connectivity index (χ4v) is 2.05. The molecule has 2 aromatic carbocycles. The molecule has 24 heavy (non-hydrogen) atoms. The Morgan fingerprint density at radius 2 is 1.75 bits per heavy atom. The van der Waals surface area contributed by atoms with Crippen LogP contribution >= 0.6 is 24.0 Å². The summed E-state index contributed by atoms with van der Waals surface area (Å²) >= 11 is 0. The summed E-state index contributed by atoms with van der Waals surface area (Å²) in [4.78, 5) is 4.39. The molecule has 0 spiro atoms. The fraction of sp³-hybridized carbons (Fsp3) is 0.316. The van der Waals surface area contributed by atoms with Crippen molar-refractivity contribution in [3.05, 3.63) is 65.7 Å². The highest BCUT2D eigenvalue weighted by atomic mass is 127. The Morgan fingerprint density at radius 1 is 1.08 bits per heavy atom. The zero-order valence-corrected chi connectivity index (χ0v) is 16.6. The molecule has 0 atom stereocenters. The number of aliphatic imine (C=N–C) groups is 1. The van der Waals surface area contributed by atoms with Crippen molar-refractivity contribution in [2.75, 3.05) is 6.54 Å². The van der Waals surface area contributed by atoms with Gasteiger partial charge in [-0.1, -0.05) is 62.4 Å². The minimum absolute atomic E-state index is 0. The second kappa shape index (κ2) is 10.9. The number of para-hydroxylation sites is 1. The number of benzene rings is 2. The Kier molecular flexibility index (Phi) is 9.22. The van der Waals surface area contributed by atoms with Gasteiger partial charge < -0.3 is 15.8 Å². The lowest BCUT2D eigenvalue weighted by molar-refractivity contribution is 0.303. The van der Waals surface area contributed by atoms with E-state index in [2.05, 4.69) is 36.3 Å². The third kappa shape index (κ3) is 7.21. The summed E-state index contributed by atoms with van der Waals surface area (Å²) in [5.74, 6) is 1.85. The molecule has 0 saturated carbocycles. The molecule has 0 aliphatic heterocycles. The van der Waals surface area contributed by atoms with Crippen LogP contribution in [0, 0.1) is 5.92 Å². The van der Waals surface area contributed by atoms with E-state index in [1.165, 1.54) is 0 Å². The summed E-state index contributed by atoms with van der Waals surface area (Å²) < 4.78 is 5.92. The summed E-state index contributed by atoms with van der Waals surface area (Å²) in [6.07, 6.45) is 0. The third-order valence-corrected chi connectivity index (χ3v) is 3.32. The number of rotatable bonds is 7. The number of nitrogens with zero attached hydrogens (tertiary/aromatic N) is 1. The van der Waals surface area contributed by atoms with Gasteiger partial charge in [0, 0.05) is 12.1 Å². The first kappa shape index (κ1) is 20.3. The highest BCUT2D eigenvalue weighted by Crippen LogP contribution is 2.20. The molecule has 0 aliphatic rings. The number of nitrogens with two attached hydrogens (primary N) is 1. The molecule has 0 amide bonds. The van der Waals surface area contributed by atoms with E-state index < -0.39 is 0 Å². The molecule has 0 heterocycles. The van der Waals surface area contributed by atoms with Crippen molar-refractivity contribution in [1.82, 2.24) is 5.32 Å². The van der Waals surface area contributed by atoms with E-state index in [1.807, 2.05) is 42.5 Å². The molecule has 0 unspecified atom stereocenters. The van der Waals surface area contributed by atoms with Gasteiger partial charge in [0.15, 0.2) is 5.96 Å². The maximum atomic E-state index is 5.92. The summed E-state index contributed by atoms with van der Waals surface area (Å²) in [5, 5.41) is 3.12. The average Bonchev–Trinajstić information content (AvgIpc) is 2.58. The summed E-state index contributed by atoms with van der Waals surface area (Å²) in [7, 11) is 0. The molecule has 0 fully saturated rings. The minimum Gasteiger partial charge on any atom is -0.489 e. The molecule has 0 aliphatic carbocycles. The Morgan fingerprint density at radius 3 is 2.46 bits per heavy atom. The van der Waals surface area contributed by atoms with Gasteiger partial charge in [-0.05, 0) is 17.5 Å². The summed E-state index contributed by atoms with van der Waals surface area (Å²) in [6, 6.07) is 18.0. The van der Waals surface area contributed by atoms with Crippen molar-refractivity contribution >= 4 is 29.9 Å². The Labute approximate surface area is 161 Å². The van der Waals surface area contributed by atoms with Crippen molar-refractivity contribution in [1.29, 1.82) is 0 Å². The smallest absolute Gasteiger partial charge is 0.188 e. The second-order valence-electron chi connectivity index (χ2n) is 5.86. The van der Waals surface area contributed by atoms with Crippen molar-refractivity contribution in [2.45, 2.75) is 27.0 Å². The Hall–Kier alpha value is -1.76. The van der Waals surface area contributed by atoms with E-state index >= 15 is 0 Å².